The maximum absolute atomic E-state index is 12.4. The summed E-state index contributed by atoms with van der Waals surface area (Å²) < 4.78 is 5.77. The number of phenolic OH excluding ortho intramolecular Hbond substituents is 1. The molecule has 1 saturated heterocycles. The van der Waals surface area contributed by atoms with Crippen LogP contribution in [0.4, 0.5) is 0 Å². The van der Waals surface area contributed by atoms with E-state index in [4.69, 9.17) is 27.9 Å². The van der Waals surface area contributed by atoms with Crippen molar-refractivity contribution in [1.82, 2.24) is 4.90 Å². The molecular weight excluding hydrogens is 385 g/mol. The van der Waals surface area contributed by atoms with Gasteiger partial charge in [-0.1, -0.05) is 29.3 Å². The van der Waals surface area contributed by atoms with Gasteiger partial charge in [-0.25, -0.2) is 0 Å². The van der Waals surface area contributed by atoms with E-state index in [-0.39, 0.29) is 11.7 Å². The smallest absolute Gasteiger partial charge is 0.246 e. The quantitative estimate of drug-likeness (QED) is 0.709. The lowest BCUT2D eigenvalue weighted by Gasteiger charge is -2.31. The molecule has 3 rings (SSSR count). The highest BCUT2D eigenvalue weighted by Gasteiger charge is 2.22. The fraction of sp³-hybridized carbons (Fsp3) is 0.286. The van der Waals surface area contributed by atoms with Gasteiger partial charge in [0.25, 0.3) is 0 Å². The van der Waals surface area contributed by atoms with Gasteiger partial charge in [0, 0.05) is 19.2 Å². The Bertz CT molecular complexity index is 813. The van der Waals surface area contributed by atoms with Crippen LogP contribution in [0, 0.1) is 5.92 Å². The van der Waals surface area contributed by atoms with Crippen LogP contribution >= 0.6 is 23.2 Å². The van der Waals surface area contributed by atoms with E-state index in [1.165, 1.54) is 0 Å². The second kappa shape index (κ2) is 9.16. The van der Waals surface area contributed by atoms with Crippen molar-refractivity contribution in [1.29, 1.82) is 0 Å². The summed E-state index contributed by atoms with van der Waals surface area (Å²) in [6.07, 6.45) is 5.15. The second-order valence-electron chi connectivity index (χ2n) is 6.58. The average Bonchev–Trinajstić information content (AvgIpc) is 2.68. The van der Waals surface area contributed by atoms with Crippen molar-refractivity contribution in [2.75, 3.05) is 19.7 Å². The molecule has 4 nitrogen and oxygen atoms in total. The van der Waals surface area contributed by atoms with Crippen LogP contribution in [0.3, 0.4) is 0 Å². The number of halogens is 2. The Morgan fingerprint density at radius 1 is 1.11 bits per heavy atom. The first kappa shape index (κ1) is 19.6. The van der Waals surface area contributed by atoms with Gasteiger partial charge in [-0.3, -0.25) is 4.79 Å². The second-order valence-corrected chi connectivity index (χ2v) is 7.39. The van der Waals surface area contributed by atoms with Gasteiger partial charge in [-0.05, 0) is 66.8 Å². The SMILES string of the molecule is O=C(C=Cc1ccc(Cl)c(Cl)c1)N1CCC(COc2ccc(O)cc2)CC1. The number of amides is 1. The van der Waals surface area contributed by atoms with Crippen molar-refractivity contribution in [3.63, 3.8) is 0 Å². The number of benzene rings is 2. The van der Waals surface area contributed by atoms with E-state index in [0.717, 1.165) is 24.2 Å². The van der Waals surface area contributed by atoms with E-state index >= 15 is 0 Å². The Hall–Kier alpha value is -2.17. The summed E-state index contributed by atoms with van der Waals surface area (Å²) in [5.41, 5.74) is 0.843. The Balaban J connectivity index is 1.45. The van der Waals surface area contributed by atoms with Gasteiger partial charge < -0.3 is 14.7 Å². The lowest BCUT2D eigenvalue weighted by molar-refractivity contribution is -0.127. The molecule has 0 aliphatic carbocycles. The average molecular weight is 406 g/mol. The zero-order valence-corrected chi connectivity index (χ0v) is 16.3. The highest BCUT2D eigenvalue weighted by atomic mass is 35.5. The van der Waals surface area contributed by atoms with Gasteiger partial charge in [0.15, 0.2) is 0 Å². The molecule has 1 amide bonds. The van der Waals surface area contributed by atoms with E-state index in [0.29, 0.717) is 35.7 Å². The van der Waals surface area contributed by atoms with Crippen LogP contribution < -0.4 is 4.74 Å². The predicted molar refractivity (Wildman–Crippen MR) is 108 cm³/mol. The minimum absolute atomic E-state index is 0.000949. The molecule has 27 heavy (non-hydrogen) atoms. The Labute approximate surface area is 169 Å². The fourth-order valence-corrected chi connectivity index (χ4v) is 3.27. The molecule has 0 radical (unpaired) electrons. The third-order valence-electron chi connectivity index (χ3n) is 4.61. The molecule has 1 aliphatic heterocycles. The summed E-state index contributed by atoms with van der Waals surface area (Å²) in [6.45, 7) is 2.05. The summed E-state index contributed by atoms with van der Waals surface area (Å²) >= 11 is 11.9. The molecule has 1 heterocycles. The number of hydrogen-bond donors (Lipinski definition) is 1. The first-order valence-corrected chi connectivity index (χ1v) is 9.61. The number of rotatable bonds is 5. The van der Waals surface area contributed by atoms with E-state index < -0.39 is 0 Å². The van der Waals surface area contributed by atoms with E-state index in [9.17, 15) is 9.90 Å². The molecule has 6 heteroatoms. The van der Waals surface area contributed by atoms with Gasteiger partial charge in [-0.2, -0.15) is 0 Å². The summed E-state index contributed by atoms with van der Waals surface area (Å²) in [7, 11) is 0. The van der Waals surface area contributed by atoms with Gasteiger partial charge in [0.2, 0.25) is 5.91 Å². The predicted octanol–water partition coefficient (Wildman–Crippen LogP) is 5.03. The molecule has 0 bridgehead atoms. The van der Waals surface area contributed by atoms with Crippen LogP contribution in [0.1, 0.15) is 18.4 Å². The molecule has 1 aliphatic rings. The van der Waals surface area contributed by atoms with Crippen LogP contribution in [-0.4, -0.2) is 35.6 Å². The number of piperidine rings is 1. The van der Waals surface area contributed by atoms with Crippen LogP contribution in [-0.2, 0) is 4.79 Å². The van der Waals surface area contributed by atoms with Gasteiger partial charge in [0.1, 0.15) is 11.5 Å². The number of carbonyl (C=O) groups excluding carboxylic acids is 1. The van der Waals surface area contributed by atoms with Crippen LogP contribution in [0.15, 0.2) is 48.5 Å². The van der Waals surface area contributed by atoms with E-state index in [2.05, 4.69) is 0 Å². The number of carbonyl (C=O) groups is 1. The largest absolute Gasteiger partial charge is 0.508 e. The normalized spacial score (nSPS) is 15.3. The molecular formula is C21H21Cl2NO3. The van der Waals surface area contributed by atoms with Gasteiger partial charge in [0.05, 0.1) is 16.7 Å². The van der Waals surface area contributed by atoms with E-state index in [1.807, 2.05) is 11.0 Å². The third kappa shape index (κ3) is 5.65. The summed E-state index contributed by atoms with van der Waals surface area (Å²) in [4.78, 5) is 14.2. The lowest BCUT2D eigenvalue weighted by atomic mass is 9.97. The third-order valence-corrected chi connectivity index (χ3v) is 5.35. The number of hydrogen-bond acceptors (Lipinski definition) is 3. The zero-order chi connectivity index (χ0) is 19.2. The van der Waals surface area contributed by atoms with Crippen LogP contribution in [0.5, 0.6) is 11.5 Å². The van der Waals surface area contributed by atoms with E-state index in [1.54, 1.807) is 48.6 Å². The Morgan fingerprint density at radius 3 is 2.48 bits per heavy atom. The molecule has 0 aromatic heterocycles. The molecule has 1 fully saturated rings. The number of phenols is 1. The van der Waals surface area contributed by atoms with Gasteiger partial charge in [-0.15, -0.1) is 0 Å². The molecule has 142 valence electrons. The fourth-order valence-electron chi connectivity index (χ4n) is 2.97. The number of ether oxygens (including phenoxy) is 1. The number of nitrogens with zero attached hydrogens (tertiary/aromatic N) is 1. The molecule has 2 aromatic rings. The lowest BCUT2D eigenvalue weighted by Crippen LogP contribution is -2.38. The Morgan fingerprint density at radius 2 is 1.81 bits per heavy atom. The maximum atomic E-state index is 12.4. The standard InChI is InChI=1S/C21H21Cl2NO3/c22-19-7-1-15(13-20(19)23)2-8-21(26)24-11-9-16(10-12-24)14-27-18-5-3-17(25)4-6-18/h1-8,13,16,25H,9-12,14H2. The van der Waals surface area contributed by atoms with Crippen LogP contribution in [0.25, 0.3) is 6.08 Å². The first-order valence-electron chi connectivity index (χ1n) is 8.85. The van der Waals surface area contributed by atoms with Crippen molar-refractivity contribution in [3.8, 4) is 11.5 Å². The molecule has 0 saturated carbocycles. The maximum Gasteiger partial charge on any atom is 0.246 e. The van der Waals surface area contributed by atoms with Crippen molar-refractivity contribution in [2.45, 2.75) is 12.8 Å². The molecule has 0 atom stereocenters. The zero-order valence-electron chi connectivity index (χ0n) is 14.8. The minimum Gasteiger partial charge on any atom is -0.508 e. The molecule has 2 aromatic carbocycles. The summed E-state index contributed by atoms with van der Waals surface area (Å²) in [5.74, 6) is 1.39. The number of aromatic hydroxyl groups is 1. The van der Waals surface area contributed by atoms with Gasteiger partial charge >= 0.3 is 0 Å². The highest BCUT2D eigenvalue weighted by Crippen LogP contribution is 2.24. The topological polar surface area (TPSA) is 49.8 Å². The monoisotopic (exact) mass is 405 g/mol. The Kier molecular flexibility index (Phi) is 6.64. The summed E-state index contributed by atoms with van der Waals surface area (Å²) in [6, 6.07) is 12.0. The molecule has 0 unspecified atom stereocenters. The first-order chi connectivity index (χ1) is 13.0. The van der Waals surface area contributed by atoms with Crippen molar-refractivity contribution >= 4 is 35.2 Å². The minimum atomic E-state index is -0.000949. The van der Waals surface area contributed by atoms with Crippen LogP contribution in [0.2, 0.25) is 10.0 Å². The van der Waals surface area contributed by atoms with Crippen molar-refractivity contribution in [3.05, 3.63) is 64.1 Å². The number of likely N-dealkylation sites (tertiary alicyclic amines) is 1. The highest BCUT2D eigenvalue weighted by molar-refractivity contribution is 6.42. The molecule has 0 spiro atoms. The summed E-state index contributed by atoms with van der Waals surface area (Å²) in [5, 5.41) is 10.3. The molecule has 1 N–H and O–H groups in total. The van der Waals surface area contributed by atoms with Crippen molar-refractivity contribution in [2.24, 2.45) is 5.92 Å². The van der Waals surface area contributed by atoms with Crippen molar-refractivity contribution < 1.29 is 14.6 Å².